The highest BCUT2D eigenvalue weighted by molar-refractivity contribution is 5.83. The molecule has 4 heteroatoms. The minimum absolute atomic E-state index is 0.143. The lowest BCUT2D eigenvalue weighted by Crippen LogP contribution is -2.58. The molecular formula is C17H30N2O2. The van der Waals surface area contributed by atoms with Gasteiger partial charge in [-0.1, -0.05) is 19.8 Å². The maximum absolute atomic E-state index is 13.1. The maximum atomic E-state index is 13.1. The van der Waals surface area contributed by atoms with Crippen LogP contribution in [0.5, 0.6) is 0 Å². The second-order valence-corrected chi connectivity index (χ2v) is 7.43. The molecule has 2 N–H and O–H groups in total. The van der Waals surface area contributed by atoms with E-state index >= 15 is 0 Å². The van der Waals surface area contributed by atoms with E-state index in [0.717, 1.165) is 71.1 Å². The van der Waals surface area contributed by atoms with Gasteiger partial charge in [-0.2, -0.15) is 0 Å². The number of aliphatic hydroxyl groups is 1. The van der Waals surface area contributed by atoms with E-state index in [1.165, 1.54) is 6.42 Å². The maximum Gasteiger partial charge on any atom is 0.228 e. The number of amides is 1. The predicted octanol–water partition coefficient (Wildman–Crippen LogP) is 1.92. The molecule has 2 aliphatic heterocycles. The van der Waals surface area contributed by atoms with Crippen molar-refractivity contribution in [1.82, 2.24) is 10.2 Å². The highest BCUT2D eigenvalue weighted by Gasteiger charge is 2.47. The fourth-order valence-electron chi connectivity index (χ4n) is 4.71. The SMILES string of the molecule is CCC1(C(=O)N2CCC3(O)CCCCC3C2)CCNCC1. The molecule has 1 amide bonds. The van der Waals surface area contributed by atoms with E-state index in [1.54, 1.807) is 0 Å². The van der Waals surface area contributed by atoms with Crippen LogP contribution in [0.1, 0.15) is 58.3 Å². The van der Waals surface area contributed by atoms with Crippen LogP contribution in [-0.2, 0) is 4.79 Å². The molecule has 1 saturated carbocycles. The van der Waals surface area contributed by atoms with Crippen molar-refractivity contribution in [2.75, 3.05) is 26.2 Å². The van der Waals surface area contributed by atoms with Gasteiger partial charge in [0.1, 0.15) is 0 Å². The Morgan fingerprint density at radius 3 is 2.71 bits per heavy atom. The van der Waals surface area contributed by atoms with Crippen molar-refractivity contribution in [3.63, 3.8) is 0 Å². The lowest BCUT2D eigenvalue weighted by atomic mass is 9.70. The van der Waals surface area contributed by atoms with Gasteiger partial charge in [-0.25, -0.2) is 0 Å². The van der Waals surface area contributed by atoms with Gasteiger partial charge in [0.15, 0.2) is 0 Å². The van der Waals surface area contributed by atoms with Gasteiger partial charge < -0.3 is 15.3 Å². The summed E-state index contributed by atoms with van der Waals surface area (Å²) in [6.45, 7) is 5.61. The van der Waals surface area contributed by atoms with Gasteiger partial charge in [0.25, 0.3) is 0 Å². The summed E-state index contributed by atoms with van der Waals surface area (Å²) in [6.07, 6.45) is 8.02. The summed E-state index contributed by atoms with van der Waals surface area (Å²) in [6, 6.07) is 0. The average Bonchev–Trinajstić information content (AvgIpc) is 2.54. The second-order valence-electron chi connectivity index (χ2n) is 7.43. The number of nitrogens with zero attached hydrogens (tertiary/aromatic N) is 1. The Bertz CT molecular complexity index is 392. The van der Waals surface area contributed by atoms with Crippen LogP contribution in [-0.4, -0.2) is 47.7 Å². The average molecular weight is 294 g/mol. The van der Waals surface area contributed by atoms with Crippen LogP contribution >= 0.6 is 0 Å². The van der Waals surface area contributed by atoms with Gasteiger partial charge in [0.2, 0.25) is 5.91 Å². The molecule has 4 nitrogen and oxygen atoms in total. The van der Waals surface area contributed by atoms with Crippen LogP contribution in [0.4, 0.5) is 0 Å². The van der Waals surface area contributed by atoms with E-state index in [1.807, 2.05) is 0 Å². The monoisotopic (exact) mass is 294 g/mol. The molecule has 2 saturated heterocycles. The van der Waals surface area contributed by atoms with E-state index < -0.39 is 5.60 Å². The molecule has 2 unspecified atom stereocenters. The number of carbonyl (C=O) groups is 1. The zero-order valence-corrected chi connectivity index (χ0v) is 13.4. The van der Waals surface area contributed by atoms with Crippen LogP contribution in [0, 0.1) is 11.3 Å². The van der Waals surface area contributed by atoms with E-state index in [0.29, 0.717) is 11.8 Å². The van der Waals surface area contributed by atoms with Crippen molar-refractivity contribution in [2.45, 2.75) is 63.9 Å². The van der Waals surface area contributed by atoms with Gasteiger partial charge in [-0.15, -0.1) is 0 Å². The molecule has 0 aromatic rings. The van der Waals surface area contributed by atoms with E-state index in [9.17, 15) is 9.90 Å². The third-order valence-electron chi connectivity index (χ3n) is 6.41. The van der Waals surface area contributed by atoms with E-state index in [-0.39, 0.29) is 5.41 Å². The fraction of sp³-hybridized carbons (Fsp3) is 0.941. The van der Waals surface area contributed by atoms with Gasteiger partial charge in [0, 0.05) is 19.0 Å². The second kappa shape index (κ2) is 5.88. The smallest absolute Gasteiger partial charge is 0.228 e. The summed E-state index contributed by atoms with van der Waals surface area (Å²) in [5.41, 5.74) is -0.627. The van der Waals surface area contributed by atoms with E-state index in [2.05, 4.69) is 17.1 Å². The molecule has 3 fully saturated rings. The van der Waals surface area contributed by atoms with Gasteiger partial charge >= 0.3 is 0 Å². The van der Waals surface area contributed by atoms with Gasteiger partial charge in [-0.05, 0) is 51.6 Å². The number of rotatable bonds is 2. The molecule has 120 valence electrons. The predicted molar refractivity (Wildman–Crippen MR) is 82.9 cm³/mol. The number of likely N-dealkylation sites (tertiary alicyclic amines) is 1. The molecule has 0 spiro atoms. The van der Waals surface area contributed by atoms with E-state index in [4.69, 9.17) is 0 Å². The van der Waals surface area contributed by atoms with Gasteiger partial charge in [-0.3, -0.25) is 4.79 Å². The zero-order chi connectivity index (χ0) is 14.9. The van der Waals surface area contributed by atoms with Crippen LogP contribution in [0.2, 0.25) is 0 Å². The van der Waals surface area contributed by atoms with Crippen LogP contribution in [0.25, 0.3) is 0 Å². The molecule has 2 heterocycles. The Balaban J connectivity index is 1.70. The number of piperidine rings is 2. The third-order valence-corrected chi connectivity index (χ3v) is 6.41. The molecule has 0 aromatic carbocycles. The molecule has 0 bridgehead atoms. The Labute approximate surface area is 128 Å². The van der Waals surface area contributed by atoms with Crippen LogP contribution in [0.3, 0.4) is 0 Å². The van der Waals surface area contributed by atoms with Crippen molar-refractivity contribution >= 4 is 5.91 Å². The van der Waals surface area contributed by atoms with Gasteiger partial charge in [0.05, 0.1) is 11.0 Å². The molecular weight excluding hydrogens is 264 g/mol. The third kappa shape index (κ3) is 2.72. The van der Waals surface area contributed by atoms with Crippen molar-refractivity contribution in [3.05, 3.63) is 0 Å². The van der Waals surface area contributed by atoms with Crippen molar-refractivity contribution in [3.8, 4) is 0 Å². The molecule has 3 aliphatic rings. The lowest BCUT2D eigenvalue weighted by molar-refractivity contribution is -0.155. The Morgan fingerprint density at radius 1 is 1.24 bits per heavy atom. The standard InChI is InChI=1S/C17H30N2O2/c1-2-16(7-10-18-11-8-16)15(20)19-12-9-17(21)6-4-3-5-14(17)13-19/h14,18,21H,2-13H2,1H3. The number of nitrogens with one attached hydrogen (secondary N) is 1. The normalized spacial score (nSPS) is 36.1. The number of hydrogen-bond donors (Lipinski definition) is 2. The van der Waals surface area contributed by atoms with Crippen LogP contribution in [0.15, 0.2) is 0 Å². The molecule has 1 aliphatic carbocycles. The minimum Gasteiger partial charge on any atom is -0.389 e. The summed E-state index contributed by atoms with van der Waals surface area (Å²) in [5, 5.41) is 14.1. The first-order valence-corrected chi connectivity index (χ1v) is 8.82. The van der Waals surface area contributed by atoms with Crippen molar-refractivity contribution in [1.29, 1.82) is 0 Å². The molecule has 0 radical (unpaired) electrons. The van der Waals surface area contributed by atoms with Crippen LogP contribution < -0.4 is 5.32 Å². The summed E-state index contributed by atoms with van der Waals surface area (Å²) >= 11 is 0. The Hall–Kier alpha value is -0.610. The van der Waals surface area contributed by atoms with Crippen molar-refractivity contribution < 1.29 is 9.90 Å². The summed E-state index contributed by atoms with van der Waals surface area (Å²) < 4.78 is 0. The lowest BCUT2D eigenvalue weighted by Gasteiger charge is -2.49. The Morgan fingerprint density at radius 2 is 2.00 bits per heavy atom. The molecule has 21 heavy (non-hydrogen) atoms. The largest absolute Gasteiger partial charge is 0.389 e. The topological polar surface area (TPSA) is 52.6 Å². The minimum atomic E-state index is -0.484. The Kier molecular flexibility index (Phi) is 4.28. The fourth-order valence-corrected chi connectivity index (χ4v) is 4.71. The number of fused-ring (bicyclic) bond motifs is 1. The number of hydrogen-bond acceptors (Lipinski definition) is 3. The number of carbonyl (C=O) groups excluding carboxylic acids is 1. The van der Waals surface area contributed by atoms with Crippen molar-refractivity contribution in [2.24, 2.45) is 11.3 Å². The highest BCUT2D eigenvalue weighted by atomic mass is 16.3. The summed E-state index contributed by atoms with van der Waals surface area (Å²) in [5.74, 6) is 0.665. The molecule has 0 aromatic heterocycles. The summed E-state index contributed by atoms with van der Waals surface area (Å²) in [7, 11) is 0. The molecule has 2 atom stereocenters. The zero-order valence-electron chi connectivity index (χ0n) is 13.4. The first kappa shape index (κ1) is 15.3. The quantitative estimate of drug-likeness (QED) is 0.818. The molecule has 3 rings (SSSR count). The summed E-state index contributed by atoms with van der Waals surface area (Å²) in [4.78, 5) is 15.2. The highest BCUT2D eigenvalue weighted by Crippen LogP contribution is 2.42. The first-order valence-electron chi connectivity index (χ1n) is 8.82. The first-order chi connectivity index (χ1) is 10.1.